The molecule has 0 unspecified atom stereocenters. The van der Waals surface area contributed by atoms with E-state index in [4.69, 9.17) is 9.52 Å². The Morgan fingerprint density at radius 3 is 2.80 bits per heavy atom. The van der Waals surface area contributed by atoms with E-state index in [9.17, 15) is 4.79 Å². The molecule has 20 heavy (non-hydrogen) atoms. The van der Waals surface area contributed by atoms with Crippen molar-refractivity contribution in [3.8, 4) is 0 Å². The first-order valence-corrected chi connectivity index (χ1v) is 7.10. The van der Waals surface area contributed by atoms with Crippen molar-refractivity contribution in [2.24, 2.45) is 11.3 Å². The molecule has 2 aromatic rings. The molecule has 1 spiro atoms. The number of rotatable bonds is 3. The van der Waals surface area contributed by atoms with Crippen LogP contribution in [0.15, 0.2) is 34.9 Å². The van der Waals surface area contributed by atoms with Gasteiger partial charge in [0, 0.05) is 23.2 Å². The molecule has 0 radical (unpaired) electrons. The van der Waals surface area contributed by atoms with Gasteiger partial charge >= 0.3 is 5.97 Å². The van der Waals surface area contributed by atoms with Gasteiger partial charge in [-0.25, -0.2) is 0 Å². The second-order valence-corrected chi connectivity index (χ2v) is 6.37. The monoisotopic (exact) mass is 271 g/mol. The molecule has 4 heteroatoms. The number of nitrogens with one attached hydrogen (secondary N) is 1. The molecule has 4 rings (SSSR count). The van der Waals surface area contributed by atoms with Gasteiger partial charge in [0.2, 0.25) is 0 Å². The van der Waals surface area contributed by atoms with Crippen molar-refractivity contribution < 1.29 is 14.3 Å². The normalized spacial score (nSPS) is 31.8. The third-order valence-corrected chi connectivity index (χ3v) is 4.89. The highest BCUT2D eigenvalue weighted by Gasteiger charge is 2.54. The van der Waals surface area contributed by atoms with E-state index >= 15 is 0 Å². The van der Waals surface area contributed by atoms with Gasteiger partial charge < -0.3 is 14.8 Å². The average molecular weight is 271 g/mol. The molecule has 2 saturated carbocycles. The lowest BCUT2D eigenvalue weighted by Gasteiger charge is -2.56. The first kappa shape index (κ1) is 11.8. The van der Waals surface area contributed by atoms with Gasteiger partial charge in [-0.15, -0.1) is 0 Å². The Hall–Kier alpha value is -1.97. The zero-order chi connectivity index (χ0) is 13.7. The largest absolute Gasteiger partial charge is 0.481 e. The number of hydrogen-bond donors (Lipinski definition) is 2. The van der Waals surface area contributed by atoms with Crippen LogP contribution >= 0.6 is 0 Å². The van der Waals surface area contributed by atoms with Crippen molar-refractivity contribution >= 4 is 22.6 Å². The first-order valence-electron chi connectivity index (χ1n) is 7.10. The highest BCUT2D eigenvalue weighted by Crippen LogP contribution is 2.59. The predicted octanol–water partition coefficient (Wildman–Crippen LogP) is 3.49. The van der Waals surface area contributed by atoms with Crippen LogP contribution in [0.4, 0.5) is 5.69 Å². The van der Waals surface area contributed by atoms with Gasteiger partial charge in [0.05, 0.1) is 12.2 Å². The molecule has 0 bridgehead atoms. The molecule has 1 heterocycles. The molecule has 2 aliphatic carbocycles. The number of hydrogen-bond acceptors (Lipinski definition) is 3. The van der Waals surface area contributed by atoms with Crippen LogP contribution in [0.25, 0.3) is 11.0 Å². The van der Waals surface area contributed by atoms with Crippen molar-refractivity contribution in [1.29, 1.82) is 0 Å². The van der Waals surface area contributed by atoms with Crippen LogP contribution in [0.2, 0.25) is 0 Å². The summed E-state index contributed by atoms with van der Waals surface area (Å²) in [5.41, 5.74) is 2.30. The summed E-state index contributed by atoms with van der Waals surface area (Å²) in [5, 5.41) is 13.6. The third-order valence-electron chi connectivity index (χ3n) is 4.89. The lowest BCUT2D eigenvalue weighted by Crippen LogP contribution is -2.54. The van der Waals surface area contributed by atoms with E-state index in [1.165, 1.54) is 0 Å². The van der Waals surface area contributed by atoms with Crippen LogP contribution in [0.1, 0.15) is 25.7 Å². The maximum absolute atomic E-state index is 10.9. The van der Waals surface area contributed by atoms with Crippen molar-refractivity contribution in [2.75, 3.05) is 5.32 Å². The van der Waals surface area contributed by atoms with Crippen molar-refractivity contribution in [1.82, 2.24) is 0 Å². The fourth-order valence-corrected chi connectivity index (χ4v) is 3.86. The number of anilines is 1. The molecule has 4 nitrogen and oxygen atoms in total. The minimum absolute atomic E-state index is 0.101. The van der Waals surface area contributed by atoms with Crippen LogP contribution in [-0.4, -0.2) is 17.1 Å². The van der Waals surface area contributed by atoms with E-state index in [0.29, 0.717) is 11.5 Å². The molecule has 1 aromatic heterocycles. The molecule has 0 atom stereocenters. The summed E-state index contributed by atoms with van der Waals surface area (Å²) in [7, 11) is 0. The Kier molecular flexibility index (Phi) is 2.37. The molecule has 2 aliphatic rings. The Labute approximate surface area is 116 Å². The van der Waals surface area contributed by atoms with Crippen molar-refractivity contribution in [3.63, 3.8) is 0 Å². The van der Waals surface area contributed by atoms with Gasteiger partial charge in [0.25, 0.3) is 0 Å². The van der Waals surface area contributed by atoms with E-state index in [0.717, 1.165) is 42.3 Å². The summed E-state index contributed by atoms with van der Waals surface area (Å²) in [6, 6.07) is 8.58. The van der Waals surface area contributed by atoms with Crippen LogP contribution in [-0.2, 0) is 4.79 Å². The number of benzene rings is 1. The van der Waals surface area contributed by atoms with Gasteiger partial charge in [-0.05, 0) is 49.3 Å². The molecule has 1 aromatic carbocycles. The summed E-state index contributed by atoms with van der Waals surface area (Å²) in [6.07, 6.45) is 5.60. The van der Waals surface area contributed by atoms with E-state index < -0.39 is 5.97 Å². The van der Waals surface area contributed by atoms with Crippen LogP contribution in [0.5, 0.6) is 0 Å². The van der Waals surface area contributed by atoms with Crippen molar-refractivity contribution in [2.45, 2.75) is 31.7 Å². The Balaban J connectivity index is 1.37. The molecule has 2 N–H and O–H groups in total. The van der Waals surface area contributed by atoms with Gasteiger partial charge in [0.1, 0.15) is 5.58 Å². The minimum atomic E-state index is -0.629. The second kappa shape index (κ2) is 4.01. The summed E-state index contributed by atoms with van der Waals surface area (Å²) in [5.74, 6) is -0.731. The third kappa shape index (κ3) is 1.79. The summed E-state index contributed by atoms with van der Waals surface area (Å²) in [4.78, 5) is 10.9. The molecular weight excluding hydrogens is 254 g/mol. The standard InChI is InChI=1S/C16H17NO3/c18-15(19)11-6-16(7-11)8-13(9-16)17-12-2-1-10-3-4-20-14(10)5-12/h1-5,11,13,17H,6-9H2,(H,18,19). The predicted molar refractivity (Wildman–Crippen MR) is 75.7 cm³/mol. The first-order chi connectivity index (χ1) is 9.63. The van der Waals surface area contributed by atoms with E-state index in [1.807, 2.05) is 12.1 Å². The smallest absolute Gasteiger partial charge is 0.306 e. The van der Waals surface area contributed by atoms with E-state index in [2.05, 4.69) is 17.4 Å². The van der Waals surface area contributed by atoms with Crippen LogP contribution < -0.4 is 5.32 Å². The molecular formula is C16H17NO3. The van der Waals surface area contributed by atoms with Crippen molar-refractivity contribution in [3.05, 3.63) is 30.5 Å². The maximum atomic E-state index is 10.9. The Bertz CT molecular complexity index is 661. The summed E-state index contributed by atoms with van der Waals surface area (Å²) >= 11 is 0. The lowest BCUT2D eigenvalue weighted by molar-refractivity contribution is -0.154. The van der Waals surface area contributed by atoms with Gasteiger partial charge in [-0.3, -0.25) is 4.79 Å². The number of furan rings is 1. The SMILES string of the molecule is O=C(O)C1CC2(CC(Nc3ccc4ccoc4c3)C2)C1. The molecule has 104 valence electrons. The Morgan fingerprint density at radius 2 is 2.05 bits per heavy atom. The highest BCUT2D eigenvalue weighted by atomic mass is 16.4. The van der Waals surface area contributed by atoms with Gasteiger partial charge in [-0.2, -0.15) is 0 Å². The molecule has 2 fully saturated rings. The number of carboxylic acid groups (broad SMARTS) is 1. The Morgan fingerprint density at radius 1 is 1.25 bits per heavy atom. The zero-order valence-corrected chi connectivity index (χ0v) is 11.1. The topological polar surface area (TPSA) is 62.5 Å². The molecule has 0 aliphatic heterocycles. The van der Waals surface area contributed by atoms with Gasteiger partial charge in [-0.1, -0.05) is 0 Å². The minimum Gasteiger partial charge on any atom is -0.481 e. The quantitative estimate of drug-likeness (QED) is 0.897. The fraction of sp³-hybridized carbons (Fsp3) is 0.438. The second-order valence-electron chi connectivity index (χ2n) is 6.37. The lowest BCUT2D eigenvalue weighted by atomic mass is 9.50. The molecule has 0 saturated heterocycles. The molecule has 0 amide bonds. The number of carboxylic acids is 1. The zero-order valence-electron chi connectivity index (χ0n) is 11.1. The van der Waals surface area contributed by atoms with Crippen LogP contribution in [0.3, 0.4) is 0 Å². The van der Waals surface area contributed by atoms with E-state index in [1.54, 1.807) is 6.26 Å². The van der Waals surface area contributed by atoms with Crippen LogP contribution in [0, 0.1) is 11.3 Å². The number of carbonyl (C=O) groups is 1. The summed E-state index contributed by atoms with van der Waals surface area (Å²) in [6.45, 7) is 0. The van der Waals surface area contributed by atoms with Gasteiger partial charge in [0.15, 0.2) is 0 Å². The summed E-state index contributed by atoms with van der Waals surface area (Å²) < 4.78 is 5.40. The fourth-order valence-electron chi connectivity index (χ4n) is 3.86. The number of aliphatic carboxylic acids is 1. The maximum Gasteiger partial charge on any atom is 0.306 e. The highest BCUT2D eigenvalue weighted by molar-refractivity contribution is 5.80. The number of fused-ring (bicyclic) bond motifs is 1. The average Bonchev–Trinajstić information content (AvgIpc) is 2.77. The van der Waals surface area contributed by atoms with E-state index in [-0.39, 0.29) is 5.92 Å².